The van der Waals surface area contributed by atoms with E-state index in [0.29, 0.717) is 13.1 Å². The Kier molecular flexibility index (Phi) is 6.41. The molecule has 2 aromatic carbocycles. The van der Waals surface area contributed by atoms with Crippen LogP contribution in [-0.4, -0.2) is 60.5 Å². The van der Waals surface area contributed by atoms with E-state index < -0.39 is 10.0 Å². The van der Waals surface area contributed by atoms with Gasteiger partial charge >= 0.3 is 0 Å². The zero-order valence-electron chi connectivity index (χ0n) is 19.2. The van der Waals surface area contributed by atoms with Gasteiger partial charge in [0.25, 0.3) is 0 Å². The minimum absolute atomic E-state index is 0.0837. The predicted molar refractivity (Wildman–Crippen MR) is 127 cm³/mol. The Morgan fingerprint density at radius 2 is 1.67 bits per heavy atom. The number of carbonyl (C=O) groups excluding carboxylic acids is 2. The molecular formula is C25H29N3O4S. The number of hydrogen-bond acceptors (Lipinski definition) is 4. The van der Waals surface area contributed by atoms with Gasteiger partial charge in [-0.15, -0.1) is 0 Å². The Labute approximate surface area is 195 Å². The van der Waals surface area contributed by atoms with Crippen LogP contribution >= 0.6 is 0 Å². The second-order valence-electron chi connectivity index (χ2n) is 8.62. The summed E-state index contributed by atoms with van der Waals surface area (Å²) in [5.74, 6) is -0.206. The normalized spacial score (nSPS) is 18.8. The lowest BCUT2D eigenvalue weighted by atomic mass is 9.93. The molecule has 0 aromatic heterocycles. The quantitative estimate of drug-likeness (QED) is 0.692. The smallest absolute Gasteiger partial charge is 0.243 e. The molecule has 1 fully saturated rings. The Balaban J connectivity index is 1.44. The first-order valence-corrected chi connectivity index (χ1v) is 12.5. The van der Waals surface area contributed by atoms with Gasteiger partial charge in [0.15, 0.2) is 0 Å². The Hall–Kier alpha value is -2.97. The van der Waals surface area contributed by atoms with Crippen molar-refractivity contribution < 1.29 is 18.0 Å². The summed E-state index contributed by atoms with van der Waals surface area (Å²) >= 11 is 0. The van der Waals surface area contributed by atoms with Crippen molar-refractivity contribution in [2.45, 2.75) is 38.1 Å². The fraction of sp³-hybridized carbons (Fsp3) is 0.360. The third-order valence-electron chi connectivity index (χ3n) is 6.54. The van der Waals surface area contributed by atoms with Gasteiger partial charge in [-0.2, -0.15) is 4.31 Å². The first-order chi connectivity index (χ1) is 15.7. The monoisotopic (exact) mass is 467 g/mol. The summed E-state index contributed by atoms with van der Waals surface area (Å²) in [5.41, 5.74) is 3.92. The number of fused-ring (bicyclic) bond motifs is 1. The fourth-order valence-electron chi connectivity index (χ4n) is 4.41. The number of carbonyl (C=O) groups is 2. The predicted octanol–water partition coefficient (Wildman–Crippen LogP) is 3.10. The van der Waals surface area contributed by atoms with Gasteiger partial charge in [0.1, 0.15) is 0 Å². The maximum Gasteiger partial charge on any atom is 0.243 e. The van der Waals surface area contributed by atoms with Gasteiger partial charge < -0.3 is 9.80 Å². The van der Waals surface area contributed by atoms with E-state index in [-0.39, 0.29) is 42.3 Å². The van der Waals surface area contributed by atoms with Crippen molar-refractivity contribution in [3.63, 3.8) is 0 Å². The van der Waals surface area contributed by atoms with E-state index in [1.807, 2.05) is 50.3 Å². The third-order valence-corrected chi connectivity index (χ3v) is 8.44. The molecule has 2 amide bonds. The number of amides is 2. The van der Waals surface area contributed by atoms with E-state index >= 15 is 0 Å². The molecule has 0 N–H and O–H groups in total. The van der Waals surface area contributed by atoms with Gasteiger partial charge in [0, 0.05) is 39.3 Å². The molecule has 33 heavy (non-hydrogen) atoms. The molecule has 2 aliphatic heterocycles. The van der Waals surface area contributed by atoms with Gasteiger partial charge in [-0.1, -0.05) is 30.3 Å². The molecule has 2 aromatic rings. The van der Waals surface area contributed by atoms with Crippen molar-refractivity contribution >= 4 is 27.9 Å². The van der Waals surface area contributed by atoms with E-state index in [1.165, 1.54) is 11.2 Å². The molecule has 0 aliphatic carbocycles. The van der Waals surface area contributed by atoms with Gasteiger partial charge in [-0.25, -0.2) is 8.42 Å². The highest BCUT2D eigenvalue weighted by Crippen LogP contribution is 2.33. The third kappa shape index (κ3) is 4.58. The summed E-state index contributed by atoms with van der Waals surface area (Å²) in [6, 6.07) is 12.5. The van der Waals surface area contributed by atoms with Gasteiger partial charge in [0.05, 0.1) is 17.4 Å². The van der Waals surface area contributed by atoms with Crippen LogP contribution < -0.4 is 0 Å². The van der Waals surface area contributed by atoms with Gasteiger partial charge in [0.2, 0.25) is 21.8 Å². The SMILES string of the molecule is CC(=O)N1C=Cc2ccccc2[C@@H]1CC(=O)N1CCN(S(=O)(=O)c2ccc(C)c(C)c2)CC1. The lowest BCUT2D eigenvalue weighted by molar-refractivity contribution is -0.135. The zero-order valence-corrected chi connectivity index (χ0v) is 20.0. The van der Waals surface area contributed by atoms with Crippen LogP contribution in [0.5, 0.6) is 0 Å². The number of aryl methyl sites for hydroxylation is 2. The van der Waals surface area contributed by atoms with Crippen molar-refractivity contribution in [2.24, 2.45) is 0 Å². The first-order valence-electron chi connectivity index (χ1n) is 11.1. The standard InChI is InChI=1S/C25H29N3O4S/c1-18-8-9-22(16-19(18)2)33(31,32)27-14-12-26(13-15-27)25(30)17-24-23-7-5-4-6-21(23)10-11-28(24)20(3)29/h4-11,16,24H,12-15,17H2,1-3H3/t24-/m0/s1. The second kappa shape index (κ2) is 9.11. The molecule has 2 heterocycles. The largest absolute Gasteiger partial charge is 0.340 e. The van der Waals surface area contributed by atoms with Crippen LogP contribution in [0.1, 0.15) is 41.6 Å². The molecule has 8 heteroatoms. The molecule has 0 saturated carbocycles. The maximum atomic E-state index is 13.1. The van der Waals surface area contributed by atoms with Gasteiger partial charge in [-0.05, 0) is 54.3 Å². The number of hydrogen-bond donors (Lipinski definition) is 0. The first kappa shape index (κ1) is 23.2. The van der Waals surface area contributed by atoms with E-state index in [1.54, 1.807) is 28.1 Å². The highest BCUT2D eigenvalue weighted by molar-refractivity contribution is 7.89. The average Bonchev–Trinajstić information content (AvgIpc) is 2.80. The molecule has 1 saturated heterocycles. The fourth-order valence-corrected chi connectivity index (χ4v) is 5.92. The van der Waals surface area contributed by atoms with Gasteiger partial charge in [-0.3, -0.25) is 9.59 Å². The highest BCUT2D eigenvalue weighted by atomic mass is 32.2. The van der Waals surface area contributed by atoms with Crippen molar-refractivity contribution in [1.29, 1.82) is 0 Å². The Morgan fingerprint density at radius 3 is 2.33 bits per heavy atom. The number of rotatable bonds is 4. The van der Waals surface area contributed by atoms with Crippen LogP contribution in [0.15, 0.2) is 53.6 Å². The van der Waals surface area contributed by atoms with Crippen LogP contribution in [0, 0.1) is 13.8 Å². The molecule has 174 valence electrons. The summed E-state index contributed by atoms with van der Waals surface area (Å²) in [4.78, 5) is 28.9. The molecule has 7 nitrogen and oxygen atoms in total. The van der Waals surface area contributed by atoms with E-state index in [9.17, 15) is 18.0 Å². The molecule has 0 bridgehead atoms. The summed E-state index contributed by atoms with van der Waals surface area (Å²) in [6.45, 7) is 6.49. The topological polar surface area (TPSA) is 78.0 Å². The summed E-state index contributed by atoms with van der Waals surface area (Å²) < 4.78 is 27.6. The average molecular weight is 468 g/mol. The van der Waals surface area contributed by atoms with E-state index in [2.05, 4.69) is 0 Å². The molecular weight excluding hydrogens is 438 g/mol. The molecule has 0 radical (unpaired) electrons. The lowest BCUT2D eigenvalue weighted by Gasteiger charge is -2.37. The van der Waals surface area contributed by atoms with Crippen LogP contribution in [-0.2, 0) is 19.6 Å². The van der Waals surface area contributed by atoms with Crippen molar-refractivity contribution in [3.8, 4) is 0 Å². The Morgan fingerprint density at radius 1 is 0.970 bits per heavy atom. The van der Waals surface area contributed by atoms with Crippen LogP contribution in [0.2, 0.25) is 0 Å². The molecule has 0 spiro atoms. The van der Waals surface area contributed by atoms with Crippen LogP contribution in [0.4, 0.5) is 0 Å². The molecule has 2 aliphatic rings. The van der Waals surface area contributed by atoms with Crippen molar-refractivity contribution in [1.82, 2.24) is 14.1 Å². The number of benzene rings is 2. The summed E-state index contributed by atoms with van der Waals surface area (Å²) in [5, 5.41) is 0. The summed E-state index contributed by atoms with van der Waals surface area (Å²) in [7, 11) is -3.60. The molecule has 4 rings (SSSR count). The minimum Gasteiger partial charge on any atom is -0.340 e. The zero-order chi connectivity index (χ0) is 23.8. The maximum absolute atomic E-state index is 13.1. The molecule has 1 atom stereocenters. The van der Waals surface area contributed by atoms with Crippen LogP contribution in [0.25, 0.3) is 6.08 Å². The minimum atomic E-state index is -3.60. The van der Waals surface area contributed by atoms with Crippen LogP contribution in [0.3, 0.4) is 0 Å². The van der Waals surface area contributed by atoms with Crippen molar-refractivity contribution in [3.05, 3.63) is 70.9 Å². The lowest BCUT2D eigenvalue weighted by Crippen LogP contribution is -2.51. The molecule has 0 unspecified atom stereocenters. The number of sulfonamides is 1. The Bertz CT molecular complexity index is 1210. The number of piperazine rings is 1. The highest BCUT2D eigenvalue weighted by Gasteiger charge is 2.33. The van der Waals surface area contributed by atoms with Crippen molar-refractivity contribution in [2.75, 3.05) is 26.2 Å². The number of nitrogens with zero attached hydrogens (tertiary/aromatic N) is 3. The van der Waals surface area contributed by atoms with E-state index in [4.69, 9.17) is 0 Å². The van der Waals surface area contributed by atoms with E-state index in [0.717, 1.165) is 22.3 Å². The summed E-state index contributed by atoms with van der Waals surface area (Å²) in [6.07, 6.45) is 3.77. The second-order valence-corrected chi connectivity index (χ2v) is 10.6.